The number of aliphatic hydroxyl groups is 1. The van der Waals surface area contributed by atoms with E-state index in [9.17, 15) is 14.1 Å². The normalized spacial score (nSPS) is 20.8. The summed E-state index contributed by atoms with van der Waals surface area (Å²) in [6, 6.07) is 0. The first-order valence-electron chi connectivity index (χ1n) is 7.88. The predicted octanol–water partition coefficient (Wildman–Crippen LogP) is 3.16. The first kappa shape index (κ1) is 18.6. The van der Waals surface area contributed by atoms with Crippen molar-refractivity contribution < 1.29 is 14.1 Å². The van der Waals surface area contributed by atoms with Crippen LogP contribution < -0.4 is 0 Å². The summed E-state index contributed by atoms with van der Waals surface area (Å²) >= 11 is 0. The Bertz CT molecular complexity index is 377. The van der Waals surface area contributed by atoms with Crippen LogP contribution in [0, 0.1) is 11.3 Å². The van der Waals surface area contributed by atoms with E-state index in [2.05, 4.69) is 13.8 Å². The molecule has 0 aromatic carbocycles. The second kappa shape index (κ2) is 7.23. The van der Waals surface area contributed by atoms with E-state index in [1.54, 1.807) is 4.90 Å². The third-order valence-electron chi connectivity index (χ3n) is 4.46. The lowest BCUT2D eigenvalue weighted by Crippen LogP contribution is -2.39. The quantitative estimate of drug-likeness (QED) is 0.870. The number of rotatable bonds is 3. The summed E-state index contributed by atoms with van der Waals surface area (Å²) in [6.07, 6.45) is 6.25. The lowest BCUT2D eigenvalue weighted by molar-refractivity contribution is 0.00485. The van der Waals surface area contributed by atoms with E-state index in [0.29, 0.717) is 19.0 Å². The molecule has 0 aliphatic carbocycles. The Morgan fingerprint density at radius 1 is 1.19 bits per heavy atom. The number of carbonyl (C=O) groups excluding carboxylic acids is 1. The molecular weight excluding hydrogens is 286 g/mol. The van der Waals surface area contributed by atoms with Crippen LogP contribution in [0.1, 0.15) is 59.8 Å². The van der Waals surface area contributed by atoms with Crippen molar-refractivity contribution in [3.63, 3.8) is 0 Å². The van der Waals surface area contributed by atoms with Crippen LogP contribution in [-0.4, -0.2) is 44.4 Å². The highest BCUT2D eigenvalue weighted by Gasteiger charge is 2.35. The van der Waals surface area contributed by atoms with Crippen molar-refractivity contribution in [2.24, 2.45) is 11.3 Å². The molecule has 0 aromatic heterocycles. The highest BCUT2D eigenvalue weighted by atomic mass is 32.2. The lowest BCUT2D eigenvalue weighted by Gasteiger charge is -2.40. The van der Waals surface area contributed by atoms with Crippen molar-refractivity contribution in [3.8, 4) is 0 Å². The molecule has 1 aliphatic heterocycles. The fourth-order valence-electron chi connectivity index (χ4n) is 3.72. The molecule has 1 rings (SSSR count). The van der Waals surface area contributed by atoms with E-state index < -0.39 is 16.4 Å². The third kappa shape index (κ3) is 6.07. The van der Waals surface area contributed by atoms with Gasteiger partial charge in [0.05, 0.1) is 5.60 Å². The predicted molar refractivity (Wildman–Crippen MR) is 87.7 cm³/mol. The van der Waals surface area contributed by atoms with Crippen LogP contribution in [0.3, 0.4) is 0 Å². The van der Waals surface area contributed by atoms with Crippen molar-refractivity contribution >= 4 is 16.0 Å². The van der Waals surface area contributed by atoms with Gasteiger partial charge in [0.25, 0.3) is 0 Å². The number of likely N-dealkylation sites (tertiary alicyclic amines) is 1. The molecule has 1 fully saturated rings. The van der Waals surface area contributed by atoms with Gasteiger partial charge in [-0.1, -0.05) is 13.8 Å². The molecule has 1 amide bonds. The van der Waals surface area contributed by atoms with Gasteiger partial charge in [-0.3, -0.25) is 4.79 Å². The van der Waals surface area contributed by atoms with E-state index in [0.717, 1.165) is 32.1 Å². The summed E-state index contributed by atoms with van der Waals surface area (Å²) in [5, 5.41) is 9.87. The van der Waals surface area contributed by atoms with Crippen LogP contribution in [0.4, 0.5) is 4.79 Å². The molecule has 1 aliphatic rings. The van der Waals surface area contributed by atoms with Gasteiger partial charge in [0.1, 0.15) is 10.8 Å². The van der Waals surface area contributed by atoms with Crippen molar-refractivity contribution in [1.29, 1.82) is 0 Å². The monoisotopic (exact) mass is 317 g/mol. The van der Waals surface area contributed by atoms with Crippen molar-refractivity contribution in [1.82, 2.24) is 4.90 Å². The molecule has 0 bridgehead atoms. The topological polar surface area (TPSA) is 57.6 Å². The molecule has 1 N–H and O–H groups in total. The Kier molecular flexibility index (Phi) is 6.41. The molecule has 5 heteroatoms. The number of nitrogens with zero attached hydrogens (tertiary/aromatic N) is 1. The molecule has 0 radical (unpaired) electrons. The number of amides is 1. The summed E-state index contributed by atoms with van der Waals surface area (Å²) in [4.78, 5) is 13.6. The maximum atomic E-state index is 11.8. The largest absolute Gasteiger partial charge is 0.390 e. The average Bonchev–Trinajstić information content (AvgIpc) is 2.23. The second-order valence-corrected chi connectivity index (χ2v) is 8.92. The Labute approximate surface area is 131 Å². The van der Waals surface area contributed by atoms with Gasteiger partial charge in [-0.2, -0.15) is 0 Å². The number of carbonyl (C=O) groups is 1. The molecule has 1 heterocycles. The molecule has 0 saturated carbocycles. The molecule has 1 unspecified atom stereocenters. The van der Waals surface area contributed by atoms with Gasteiger partial charge in [0, 0.05) is 19.3 Å². The minimum atomic E-state index is -1.41. The van der Waals surface area contributed by atoms with Gasteiger partial charge in [0.15, 0.2) is 0 Å². The molecule has 1 atom stereocenters. The van der Waals surface area contributed by atoms with E-state index in [4.69, 9.17) is 0 Å². The van der Waals surface area contributed by atoms with Crippen LogP contribution in [-0.2, 0) is 10.8 Å². The highest BCUT2D eigenvalue weighted by molar-refractivity contribution is 7.99. The Morgan fingerprint density at radius 2 is 1.67 bits per heavy atom. The third-order valence-corrected chi connectivity index (χ3v) is 5.21. The van der Waals surface area contributed by atoms with Gasteiger partial charge < -0.3 is 10.0 Å². The fourth-order valence-corrected chi connectivity index (χ4v) is 4.26. The molecule has 124 valence electrons. The van der Waals surface area contributed by atoms with Crippen LogP contribution in [0.15, 0.2) is 0 Å². The van der Waals surface area contributed by atoms with Crippen LogP contribution in [0.2, 0.25) is 0 Å². The SMILES string of the molecule is CS(=O)C(=O)N1CCCC(C(C)(C)CC(C)(C)O)CCC1. The maximum Gasteiger partial charge on any atom is 0.311 e. The van der Waals surface area contributed by atoms with Crippen LogP contribution in [0.25, 0.3) is 0 Å². The molecular formula is C16H31NO3S. The minimum Gasteiger partial charge on any atom is -0.390 e. The standard InChI is InChI=1S/C16H31NO3S/c1-15(2,12-16(3,4)19)13-8-6-10-17(11-7-9-13)14(18)21(5)20/h13,19H,6-12H2,1-5H3. The van der Waals surface area contributed by atoms with Gasteiger partial charge >= 0.3 is 5.24 Å². The first-order valence-corrected chi connectivity index (χ1v) is 9.43. The molecule has 21 heavy (non-hydrogen) atoms. The van der Waals surface area contributed by atoms with Gasteiger partial charge in [-0.25, -0.2) is 4.21 Å². The van der Waals surface area contributed by atoms with Crippen molar-refractivity contribution in [2.45, 2.75) is 65.4 Å². The van der Waals surface area contributed by atoms with Gasteiger partial charge in [-0.05, 0) is 57.3 Å². The zero-order valence-corrected chi connectivity index (χ0v) is 15.0. The summed E-state index contributed by atoms with van der Waals surface area (Å²) in [5.74, 6) is 0.563. The van der Waals surface area contributed by atoms with Crippen LogP contribution >= 0.6 is 0 Å². The zero-order valence-electron chi connectivity index (χ0n) is 14.1. The van der Waals surface area contributed by atoms with E-state index in [-0.39, 0.29) is 10.7 Å². The summed E-state index contributed by atoms with van der Waals surface area (Å²) in [7, 11) is -1.41. The molecule has 0 spiro atoms. The Morgan fingerprint density at radius 3 is 2.05 bits per heavy atom. The van der Waals surface area contributed by atoms with Crippen molar-refractivity contribution in [3.05, 3.63) is 0 Å². The average molecular weight is 317 g/mol. The van der Waals surface area contributed by atoms with E-state index >= 15 is 0 Å². The number of hydrogen-bond acceptors (Lipinski definition) is 3. The zero-order chi connectivity index (χ0) is 16.3. The Hall–Kier alpha value is -0.420. The van der Waals surface area contributed by atoms with Crippen molar-refractivity contribution in [2.75, 3.05) is 19.3 Å². The summed E-state index contributed by atoms with van der Waals surface area (Å²) in [5.41, 5.74) is -0.551. The summed E-state index contributed by atoms with van der Waals surface area (Å²) in [6.45, 7) is 9.62. The van der Waals surface area contributed by atoms with E-state index in [1.807, 2.05) is 13.8 Å². The Balaban J connectivity index is 2.62. The lowest BCUT2D eigenvalue weighted by atomic mass is 9.68. The molecule has 4 nitrogen and oxygen atoms in total. The molecule has 1 saturated heterocycles. The van der Waals surface area contributed by atoms with E-state index in [1.165, 1.54) is 6.26 Å². The first-order chi connectivity index (χ1) is 9.53. The maximum absolute atomic E-state index is 11.8. The second-order valence-electron chi connectivity index (χ2n) is 7.67. The number of hydrogen-bond donors (Lipinski definition) is 1. The minimum absolute atomic E-state index is 0.0952. The summed E-state index contributed by atoms with van der Waals surface area (Å²) < 4.78 is 11.3. The highest BCUT2D eigenvalue weighted by Crippen LogP contribution is 2.41. The van der Waals surface area contributed by atoms with Gasteiger partial charge in [0.2, 0.25) is 0 Å². The van der Waals surface area contributed by atoms with Gasteiger partial charge in [-0.15, -0.1) is 0 Å². The smallest absolute Gasteiger partial charge is 0.311 e. The molecule has 0 aromatic rings. The fraction of sp³-hybridized carbons (Fsp3) is 0.938. The van der Waals surface area contributed by atoms with Crippen LogP contribution in [0.5, 0.6) is 0 Å².